The van der Waals surface area contributed by atoms with Gasteiger partial charge < -0.3 is 10.4 Å². The molecule has 1 fully saturated rings. The molecule has 2 rings (SSSR count). The van der Waals surface area contributed by atoms with Crippen molar-refractivity contribution in [1.82, 2.24) is 10.2 Å². The third kappa shape index (κ3) is 3.17. The second kappa shape index (κ2) is 5.47. The molecule has 1 aliphatic rings. The number of phenols is 1. The Hall–Kier alpha value is -1.13. The second-order valence-electron chi connectivity index (χ2n) is 4.61. The van der Waals surface area contributed by atoms with Crippen molar-refractivity contribution >= 4 is 0 Å². The molecule has 1 saturated heterocycles. The van der Waals surface area contributed by atoms with E-state index in [1.54, 1.807) is 6.92 Å². The smallest absolute Gasteiger partial charge is 0.124 e. The summed E-state index contributed by atoms with van der Waals surface area (Å²) in [5.74, 6) is -0.0492. The van der Waals surface area contributed by atoms with Crippen LogP contribution >= 0.6 is 0 Å². The molecule has 0 aromatic heterocycles. The summed E-state index contributed by atoms with van der Waals surface area (Å²) in [6.45, 7) is 6.26. The number of aryl methyl sites for hydroxylation is 1. The lowest BCUT2D eigenvalue weighted by Gasteiger charge is -2.20. The molecular formula is C13H19FN2O. The van der Waals surface area contributed by atoms with Crippen molar-refractivity contribution in [3.05, 3.63) is 29.1 Å². The summed E-state index contributed by atoms with van der Waals surface area (Å²) >= 11 is 0. The van der Waals surface area contributed by atoms with E-state index in [4.69, 9.17) is 0 Å². The van der Waals surface area contributed by atoms with Gasteiger partial charge >= 0.3 is 0 Å². The van der Waals surface area contributed by atoms with E-state index >= 15 is 0 Å². The summed E-state index contributed by atoms with van der Waals surface area (Å²) < 4.78 is 13.3. The number of aromatic hydroxyl groups is 1. The molecule has 1 heterocycles. The average Bonchev–Trinajstić information content (AvgIpc) is 2.54. The van der Waals surface area contributed by atoms with Crippen LogP contribution in [0.2, 0.25) is 0 Å². The minimum absolute atomic E-state index is 0.226. The first kappa shape index (κ1) is 12.3. The summed E-state index contributed by atoms with van der Waals surface area (Å²) in [4.78, 5) is 2.24. The van der Waals surface area contributed by atoms with Gasteiger partial charge in [-0.1, -0.05) is 0 Å². The number of halogens is 1. The fraction of sp³-hybridized carbons (Fsp3) is 0.538. The topological polar surface area (TPSA) is 35.5 Å². The Morgan fingerprint density at radius 1 is 1.35 bits per heavy atom. The molecule has 2 N–H and O–H groups in total. The molecule has 0 spiro atoms. The van der Waals surface area contributed by atoms with E-state index < -0.39 is 0 Å². The van der Waals surface area contributed by atoms with Crippen LogP contribution in [0, 0.1) is 12.7 Å². The Morgan fingerprint density at radius 2 is 2.18 bits per heavy atom. The zero-order chi connectivity index (χ0) is 12.3. The van der Waals surface area contributed by atoms with E-state index in [2.05, 4.69) is 10.2 Å². The van der Waals surface area contributed by atoms with Crippen molar-refractivity contribution < 1.29 is 9.50 Å². The molecule has 0 aliphatic carbocycles. The van der Waals surface area contributed by atoms with Crippen molar-refractivity contribution in [3.8, 4) is 5.75 Å². The van der Waals surface area contributed by atoms with Crippen LogP contribution in [0.25, 0.3) is 0 Å². The molecule has 0 unspecified atom stereocenters. The van der Waals surface area contributed by atoms with Crippen LogP contribution in [-0.4, -0.2) is 36.2 Å². The largest absolute Gasteiger partial charge is 0.507 e. The summed E-state index contributed by atoms with van der Waals surface area (Å²) in [6, 6.07) is 2.80. The minimum Gasteiger partial charge on any atom is -0.507 e. The van der Waals surface area contributed by atoms with E-state index in [0.29, 0.717) is 17.7 Å². The van der Waals surface area contributed by atoms with Gasteiger partial charge in [0.15, 0.2) is 0 Å². The first-order valence-electron chi connectivity index (χ1n) is 6.08. The highest BCUT2D eigenvalue weighted by Gasteiger charge is 2.13. The van der Waals surface area contributed by atoms with Crippen molar-refractivity contribution in [1.29, 1.82) is 0 Å². The molecule has 0 saturated carbocycles. The lowest BCUT2D eigenvalue weighted by Crippen LogP contribution is -2.27. The molecule has 0 bridgehead atoms. The van der Waals surface area contributed by atoms with E-state index in [-0.39, 0.29) is 11.6 Å². The highest BCUT2D eigenvalue weighted by molar-refractivity contribution is 5.39. The maximum absolute atomic E-state index is 13.3. The highest BCUT2D eigenvalue weighted by Crippen LogP contribution is 2.24. The third-order valence-corrected chi connectivity index (χ3v) is 3.17. The van der Waals surface area contributed by atoms with Crippen molar-refractivity contribution in [3.63, 3.8) is 0 Å². The molecule has 0 atom stereocenters. The van der Waals surface area contributed by atoms with Gasteiger partial charge in [0.25, 0.3) is 0 Å². The number of nitrogens with one attached hydrogen (secondary N) is 1. The molecule has 94 valence electrons. The molecule has 17 heavy (non-hydrogen) atoms. The van der Waals surface area contributed by atoms with E-state index in [1.165, 1.54) is 12.1 Å². The van der Waals surface area contributed by atoms with Crippen LogP contribution in [0.4, 0.5) is 4.39 Å². The molecule has 0 amide bonds. The van der Waals surface area contributed by atoms with Crippen LogP contribution < -0.4 is 5.32 Å². The molecule has 1 aliphatic heterocycles. The van der Waals surface area contributed by atoms with Crippen LogP contribution in [0.15, 0.2) is 12.1 Å². The quantitative estimate of drug-likeness (QED) is 0.822. The third-order valence-electron chi connectivity index (χ3n) is 3.17. The van der Waals surface area contributed by atoms with Crippen molar-refractivity contribution in [2.24, 2.45) is 0 Å². The summed E-state index contributed by atoms with van der Waals surface area (Å²) in [5.41, 5.74) is 1.29. The molecule has 4 heteroatoms. The monoisotopic (exact) mass is 238 g/mol. The number of phenolic OH excluding ortho intramolecular Hbond substituents is 1. The van der Waals surface area contributed by atoms with Gasteiger partial charge in [-0.3, -0.25) is 4.90 Å². The lowest BCUT2D eigenvalue weighted by atomic mass is 10.1. The van der Waals surface area contributed by atoms with Gasteiger partial charge in [-0.15, -0.1) is 0 Å². The molecule has 3 nitrogen and oxygen atoms in total. The average molecular weight is 238 g/mol. The molecule has 1 aromatic carbocycles. The van der Waals surface area contributed by atoms with Gasteiger partial charge in [0.2, 0.25) is 0 Å². The van der Waals surface area contributed by atoms with Crippen molar-refractivity contribution in [2.45, 2.75) is 19.9 Å². The van der Waals surface area contributed by atoms with Gasteiger partial charge in [-0.2, -0.15) is 0 Å². The Balaban J connectivity index is 2.11. The number of nitrogens with zero attached hydrogens (tertiary/aromatic N) is 1. The number of rotatable bonds is 2. The van der Waals surface area contributed by atoms with Crippen LogP contribution in [0.1, 0.15) is 17.5 Å². The first-order chi connectivity index (χ1) is 8.16. The Kier molecular flexibility index (Phi) is 3.97. The van der Waals surface area contributed by atoms with Crippen molar-refractivity contribution in [2.75, 3.05) is 26.2 Å². The number of benzene rings is 1. The van der Waals surface area contributed by atoms with Gasteiger partial charge in [0.05, 0.1) is 0 Å². The standard InChI is InChI=1S/C13H19FN2O/c1-10-7-12(14)8-11(13(10)17)9-16-5-2-3-15-4-6-16/h7-8,15,17H,2-6,9H2,1H3. The predicted octanol–water partition coefficient (Wildman–Crippen LogP) is 1.64. The maximum Gasteiger partial charge on any atom is 0.124 e. The summed E-state index contributed by atoms with van der Waals surface area (Å²) in [5, 5.41) is 13.2. The van der Waals surface area contributed by atoms with Gasteiger partial charge in [0, 0.05) is 25.2 Å². The van der Waals surface area contributed by atoms with Gasteiger partial charge in [-0.25, -0.2) is 4.39 Å². The number of hydrogen-bond acceptors (Lipinski definition) is 3. The van der Waals surface area contributed by atoms with E-state index in [0.717, 1.165) is 32.6 Å². The summed E-state index contributed by atoms with van der Waals surface area (Å²) in [7, 11) is 0. The van der Waals surface area contributed by atoms with Gasteiger partial charge in [0.1, 0.15) is 11.6 Å². The van der Waals surface area contributed by atoms with Crippen LogP contribution in [0.5, 0.6) is 5.75 Å². The van der Waals surface area contributed by atoms with E-state index in [9.17, 15) is 9.50 Å². The van der Waals surface area contributed by atoms with Crippen LogP contribution in [-0.2, 0) is 6.54 Å². The van der Waals surface area contributed by atoms with Crippen LogP contribution in [0.3, 0.4) is 0 Å². The highest BCUT2D eigenvalue weighted by atomic mass is 19.1. The van der Waals surface area contributed by atoms with Gasteiger partial charge in [-0.05, 0) is 44.1 Å². The first-order valence-corrected chi connectivity index (χ1v) is 6.08. The van der Waals surface area contributed by atoms with E-state index in [1.807, 2.05) is 0 Å². The Labute approximate surface area is 101 Å². The lowest BCUT2D eigenvalue weighted by molar-refractivity contribution is 0.279. The zero-order valence-corrected chi connectivity index (χ0v) is 10.2. The Bertz CT molecular complexity index is 387. The molecular weight excluding hydrogens is 219 g/mol. The predicted molar refractivity (Wildman–Crippen MR) is 65.6 cm³/mol. The Morgan fingerprint density at radius 3 is 3.00 bits per heavy atom. The zero-order valence-electron chi connectivity index (χ0n) is 10.2. The fourth-order valence-electron chi connectivity index (χ4n) is 2.23. The number of hydrogen-bond donors (Lipinski definition) is 2. The summed E-state index contributed by atoms with van der Waals surface area (Å²) in [6.07, 6.45) is 1.09. The fourth-order valence-corrected chi connectivity index (χ4v) is 2.23. The molecule has 0 radical (unpaired) electrons. The minimum atomic E-state index is -0.275. The normalized spacial score (nSPS) is 18.0. The second-order valence-corrected chi connectivity index (χ2v) is 4.61. The SMILES string of the molecule is Cc1cc(F)cc(CN2CCCNCC2)c1O. The molecule has 1 aromatic rings. The maximum atomic E-state index is 13.3.